The second-order valence-corrected chi connectivity index (χ2v) is 12.7. The molecular formula is C34H42N4O6. The average Bonchev–Trinajstić information content (AvgIpc) is 3.77. The quantitative estimate of drug-likeness (QED) is 0.369. The lowest BCUT2D eigenvalue weighted by Crippen LogP contribution is -2.54. The maximum Gasteiger partial charge on any atom is 0.410 e. The number of hydrogen-bond acceptors (Lipinski definition) is 7. The van der Waals surface area contributed by atoms with Gasteiger partial charge in [-0.25, -0.2) is 9.78 Å². The van der Waals surface area contributed by atoms with E-state index in [1.165, 1.54) is 0 Å². The van der Waals surface area contributed by atoms with Crippen molar-refractivity contribution in [3.05, 3.63) is 89.1 Å². The molecule has 5 rings (SSSR count). The van der Waals surface area contributed by atoms with Crippen molar-refractivity contribution in [3.8, 4) is 0 Å². The molecule has 0 aliphatic carbocycles. The summed E-state index contributed by atoms with van der Waals surface area (Å²) >= 11 is 0. The van der Waals surface area contributed by atoms with Crippen LogP contribution < -0.4 is 5.32 Å². The number of likely N-dealkylation sites (tertiary alicyclic amines) is 2. The number of carbonyl (C=O) groups is 3. The van der Waals surface area contributed by atoms with Crippen LogP contribution in [0.2, 0.25) is 0 Å². The van der Waals surface area contributed by atoms with Gasteiger partial charge in [0.05, 0.1) is 23.9 Å². The monoisotopic (exact) mass is 602 g/mol. The van der Waals surface area contributed by atoms with E-state index in [0.717, 1.165) is 30.5 Å². The minimum atomic E-state index is -1.05. The summed E-state index contributed by atoms with van der Waals surface area (Å²) in [5.74, 6) is -0.0899. The molecule has 2 aliphatic rings. The summed E-state index contributed by atoms with van der Waals surface area (Å²) in [5, 5.41) is 14.7. The van der Waals surface area contributed by atoms with E-state index < -0.39 is 35.8 Å². The number of aliphatic hydroxyl groups excluding tert-OH is 1. The van der Waals surface area contributed by atoms with Crippen molar-refractivity contribution >= 4 is 17.9 Å². The van der Waals surface area contributed by atoms with Crippen molar-refractivity contribution in [2.75, 3.05) is 13.1 Å². The van der Waals surface area contributed by atoms with Gasteiger partial charge in [-0.1, -0.05) is 36.4 Å². The standard InChI is InChI=1S/C34H42N4O6/c1-22-21-43-31(35-22)28-16-10-17-37(28)32(41)25-14-8-13-24(20-25)30(40)36-26(19-23-11-6-5-7-12-23)29(39)27-15-9-18-38(27)33(42)44-34(2,3)4/h5-8,11-14,20-21,26-29,39H,9-10,15-19H2,1-4H3,(H,36,40)/t26-,27?,28?,29-/m0/s1. The van der Waals surface area contributed by atoms with Crippen molar-refractivity contribution in [2.45, 2.75) is 89.6 Å². The number of aromatic nitrogens is 1. The van der Waals surface area contributed by atoms with Crippen LogP contribution in [-0.2, 0) is 11.2 Å². The Labute approximate surface area is 258 Å². The second-order valence-electron chi connectivity index (χ2n) is 12.7. The highest BCUT2D eigenvalue weighted by atomic mass is 16.6. The van der Waals surface area contributed by atoms with Crippen LogP contribution in [-0.4, -0.2) is 74.7 Å². The highest BCUT2D eigenvalue weighted by Crippen LogP contribution is 2.33. The number of oxazole rings is 1. The molecule has 0 bridgehead atoms. The summed E-state index contributed by atoms with van der Waals surface area (Å²) in [5.41, 5.74) is 1.72. The summed E-state index contributed by atoms with van der Waals surface area (Å²) in [6.07, 6.45) is 3.32. The van der Waals surface area contributed by atoms with Crippen molar-refractivity contribution in [3.63, 3.8) is 0 Å². The van der Waals surface area contributed by atoms with Crippen LogP contribution >= 0.6 is 0 Å². The molecule has 1 aromatic heterocycles. The Morgan fingerprint density at radius 2 is 1.73 bits per heavy atom. The number of carbonyl (C=O) groups excluding carboxylic acids is 3. The van der Waals surface area contributed by atoms with Gasteiger partial charge < -0.3 is 29.4 Å². The first-order valence-corrected chi connectivity index (χ1v) is 15.4. The van der Waals surface area contributed by atoms with Crippen LogP contribution in [0.5, 0.6) is 0 Å². The number of benzene rings is 2. The van der Waals surface area contributed by atoms with Gasteiger partial charge in [0.25, 0.3) is 11.8 Å². The van der Waals surface area contributed by atoms with E-state index in [2.05, 4.69) is 10.3 Å². The Morgan fingerprint density at radius 1 is 1.02 bits per heavy atom. The lowest BCUT2D eigenvalue weighted by Gasteiger charge is -2.35. The van der Waals surface area contributed by atoms with Crippen molar-refractivity contribution in [1.29, 1.82) is 0 Å². The van der Waals surface area contributed by atoms with E-state index in [9.17, 15) is 19.5 Å². The number of amides is 3. The Morgan fingerprint density at radius 3 is 2.43 bits per heavy atom. The Hall–Kier alpha value is -4.18. The van der Waals surface area contributed by atoms with Gasteiger partial charge in [0.15, 0.2) is 0 Å². The Balaban J connectivity index is 1.34. The third-order valence-corrected chi connectivity index (χ3v) is 8.16. The van der Waals surface area contributed by atoms with E-state index in [1.807, 2.05) is 58.0 Å². The molecule has 2 saturated heterocycles. The summed E-state index contributed by atoms with van der Waals surface area (Å²) in [6, 6.07) is 14.8. The van der Waals surface area contributed by atoms with Gasteiger partial charge in [-0.05, 0) is 83.6 Å². The first-order valence-electron chi connectivity index (χ1n) is 15.4. The van der Waals surface area contributed by atoms with E-state index >= 15 is 0 Å². The summed E-state index contributed by atoms with van der Waals surface area (Å²) in [4.78, 5) is 48.0. The summed E-state index contributed by atoms with van der Waals surface area (Å²) in [6.45, 7) is 8.31. The van der Waals surface area contributed by atoms with Crippen LogP contribution in [0, 0.1) is 6.92 Å². The van der Waals surface area contributed by atoms with Crippen LogP contribution in [0.25, 0.3) is 0 Å². The molecule has 10 heteroatoms. The maximum absolute atomic E-state index is 13.7. The number of hydrogen-bond donors (Lipinski definition) is 2. The third kappa shape index (κ3) is 7.30. The van der Waals surface area contributed by atoms with Crippen molar-refractivity contribution in [2.24, 2.45) is 0 Å². The fourth-order valence-corrected chi connectivity index (χ4v) is 6.09. The maximum atomic E-state index is 13.7. The summed E-state index contributed by atoms with van der Waals surface area (Å²) in [7, 11) is 0. The highest BCUT2D eigenvalue weighted by molar-refractivity contribution is 6.00. The molecule has 234 valence electrons. The number of aryl methyl sites for hydroxylation is 1. The molecule has 0 saturated carbocycles. The minimum absolute atomic E-state index is 0.196. The lowest BCUT2D eigenvalue weighted by molar-refractivity contribution is -0.00161. The fraction of sp³-hybridized carbons (Fsp3) is 0.471. The zero-order valence-corrected chi connectivity index (χ0v) is 25.9. The lowest BCUT2D eigenvalue weighted by atomic mass is 9.94. The van der Waals surface area contributed by atoms with Crippen LogP contribution in [0.15, 0.2) is 65.3 Å². The molecule has 0 radical (unpaired) electrons. The molecule has 4 atom stereocenters. The van der Waals surface area contributed by atoms with Crippen LogP contribution in [0.4, 0.5) is 4.79 Å². The third-order valence-electron chi connectivity index (χ3n) is 8.16. The van der Waals surface area contributed by atoms with E-state index in [-0.39, 0.29) is 11.9 Å². The molecule has 3 heterocycles. The zero-order chi connectivity index (χ0) is 31.4. The number of ether oxygens (including phenoxy) is 1. The van der Waals surface area contributed by atoms with Gasteiger partial charge in [0.2, 0.25) is 5.89 Å². The van der Waals surface area contributed by atoms with E-state index in [0.29, 0.717) is 42.9 Å². The fourth-order valence-electron chi connectivity index (χ4n) is 6.09. The van der Waals surface area contributed by atoms with Gasteiger partial charge in [-0.15, -0.1) is 0 Å². The predicted octanol–water partition coefficient (Wildman–Crippen LogP) is 5.06. The molecule has 44 heavy (non-hydrogen) atoms. The van der Waals surface area contributed by atoms with Crippen molar-refractivity contribution in [1.82, 2.24) is 20.1 Å². The smallest absolute Gasteiger partial charge is 0.410 e. The normalized spacial score (nSPS) is 19.9. The van der Waals surface area contributed by atoms with Gasteiger partial charge in [0.1, 0.15) is 17.9 Å². The Kier molecular flexibility index (Phi) is 9.39. The molecule has 3 aromatic rings. The van der Waals surface area contributed by atoms with Crippen LogP contribution in [0.1, 0.15) is 90.4 Å². The molecule has 3 amide bonds. The number of rotatable bonds is 8. The first-order chi connectivity index (χ1) is 21.0. The number of nitrogens with one attached hydrogen (secondary N) is 1. The SMILES string of the molecule is Cc1coc(C2CCCN2C(=O)c2cccc(C(=O)N[C@@H](Cc3ccccc3)[C@H](O)C3CCCN3C(=O)OC(C)(C)C)c2)n1. The second kappa shape index (κ2) is 13.2. The molecule has 2 aliphatic heterocycles. The zero-order valence-electron chi connectivity index (χ0n) is 25.9. The highest BCUT2D eigenvalue weighted by Gasteiger charge is 2.40. The molecule has 2 N–H and O–H groups in total. The Bertz CT molecular complexity index is 1470. The number of aliphatic hydroxyl groups is 1. The number of nitrogens with zero attached hydrogens (tertiary/aromatic N) is 3. The summed E-state index contributed by atoms with van der Waals surface area (Å²) < 4.78 is 11.2. The van der Waals surface area contributed by atoms with E-state index in [1.54, 1.807) is 40.3 Å². The van der Waals surface area contributed by atoms with Crippen molar-refractivity contribution < 1.29 is 28.6 Å². The molecule has 2 aromatic carbocycles. The van der Waals surface area contributed by atoms with Crippen LogP contribution in [0.3, 0.4) is 0 Å². The molecular weight excluding hydrogens is 560 g/mol. The largest absolute Gasteiger partial charge is 0.446 e. The van der Waals surface area contributed by atoms with Gasteiger partial charge in [-0.3, -0.25) is 9.59 Å². The molecule has 2 unspecified atom stereocenters. The van der Waals surface area contributed by atoms with E-state index in [4.69, 9.17) is 9.15 Å². The first kappa shape index (κ1) is 31.3. The van der Waals surface area contributed by atoms with Gasteiger partial charge in [0, 0.05) is 24.2 Å². The minimum Gasteiger partial charge on any atom is -0.446 e. The topological polar surface area (TPSA) is 125 Å². The predicted molar refractivity (Wildman–Crippen MR) is 164 cm³/mol. The molecule has 2 fully saturated rings. The average molecular weight is 603 g/mol. The molecule has 0 spiro atoms. The van der Waals surface area contributed by atoms with Gasteiger partial charge >= 0.3 is 6.09 Å². The molecule has 10 nitrogen and oxygen atoms in total. The van der Waals surface area contributed by atoms with Gasteiger partial charge in [-0.2, -0.15) is 0 Å².